The van der Waals surface area contributed by atoms with E-state index >= 15 is 0 Å². The van der Waals surface area contributed by atoms with Crippen molar-refractivity contribution in [3.63, 3.8) is 0 Å². The van der Waals surface area contributed by atoms with Gasteiger partial charge in [-0.15, -0.1) is 0 Å². The van der Waals surface area contributed by atoms with Crippen LogP contribution in [0.5, 0.6) is 0 Å². The number of pyridine rings is 1. The second kappa shape index (κ2) is 5.81. The van der Waals surface area contributed by atoms with Gasteiger partial charge in [-0.1, -0.05) is 25.9 Å². The topological polar surface area (TPSA) is 89.6 Å². The van der Waals surface area contributed by atoms with Crippen LogP contribution in [0.4, 0.5) is 0 Å². The van der Waals surface area contributed by atoms with Gasteiger partial charge >= 0.3 is 0 Å². The van der Waals surface area contributed by atoms with Crippen LogP contribution in [0.25, 0.3) is 28.4 Å². The van der Waals surface area contributed by atoms with Gasteiger partial charge in [-0.3, -0.25) is 0 Å². The predicted molar refractivity (Wildman–Crippen MR) is 95.5 cm³/mol. The maximum absolute atomic E-state index is 9.36. The first-order valence-corrected chi connectivity index (χ1v) is 8.39. The van der Waals surface area contributed by atoms with Gasteiger partial charge in [0.05, 0.1) is 29.4 Å². The van der Waals surface area contributed by atoms with Gasteiger partial charge in [-0.2, -0.15) is 10.1 Å². The van der Waals surface area contributed by atoms with E-state index in [1.807, 2.05) is 25.1 Å². The lowest BCUT2D eigenvalue weighted by molar-refractivity contribution is 0.282. The van der Waals surface area contributed by atoms with Gasteiger partial charge in [0.25, 0.3) is 5.89 Å². The van der Waals surface area contributed by atoms with Crippen LogP contribution in [0.1, 0.15) is 37.9 Å². The van der Waals surface area contributed by atoms with E-state index in [0.717, 1.165) is 33.7 Å². The van der Waals surface area contributed by atoms with E-state index in [-0.39, 0.29) is 12.0 Å². The summed E-state index contributed by atoms with van der Waals surface area (Å²) < 4.78 is 13.1. The number of aromatic nitrogens is 4. The number of fused-ring (bicyclic) bond motifs is 1. The van der Waals surface area contributed by atoms with Crippen molar-refractivity contribution in [1.82, 2.24) is 19.8 Å². The van der Waals surface area contributed by atoms with Crippen molar-refractivity contribution < 1.29 is 14.0 Å². The second-order valence-corrected chi connectivity index (χ2v) is 7.33. The molecule has 1 N–H and O–H groups in total. The SMILES string of the molecule is Cc1oc(C(C)(C)C)cc1-c1nc(-c2cnn3ccc(CO)cc23)no1. The Hall–Kier alpha value is -2.93. The fraction of sp³-hybridized carbons (Fsp3) is 0.316. The summed E-state index contributed by atoms with van der Waals surface area (Å²) in [5, 5.41) is 17.8. The normalized spacial score (nSPS) is 12.2. The van der Waals surface area contributed by atoms with Gasteiger partial charge in [-0.25, -0.2) is 4.52 Å². The minimum atomic E-state index is -0.102. The lowest BCUT2D eigenvalue weighted by Crippen LogP contribution is -2.09. The maximum Gasteiger partial charge on any atom is 0.261 e. The first-order chi connectivity index (χ1) is 12.4. The van der Waals surface area contributed by atoms with Gasteiger partial charge < -0.3 is 14.0 Å². The molecule has 7 nitrogen and oxygen atoms in total. The maximum atomic E-state index is 9.36. The molecular weight excluding hydrogens is 332 g/mol. The molecular formula is C19H20N4O3. The number of hydrogen-bond acceptors (Lipinski definition) is 6. The fourth-order valence-corrected chi connectivity index (χ4v) is 2.80. The Morgan fingerprint density at radius 3 is 2.69 bits per heavy atom. The first kappa shape index (κ1) is 16.5. The molecule has 4 aromatic heterocycles. The van der Waals surface area contributed by atoms with Crippen molar-refractivity contribution in [2.75, 3.05) is 0 Å². The Kier molecular flexibility index (Phi) is 3.69. The van der Waals surface area contributed by atoms with Crippen LogP contribution in [-0.4, -0.2) is 24.9 Å². The molecule has 0 aliphatic carbocycles. The number of aliphatic hydroxyl groups is 1. The highest BCUT2D eigenvalue weighted by atomic mass is 16.5. The third-order valence-corrected chi connectivity index (χ3v) is 4.32. The summed E-state index contributed by atoms with van der Waals surface area (Å²) in [4.78, 5) is 4.53. The van der Waals surface area contributed by atoms with Crippen LogP contribution in [-0.2, 0) is 12.0 Å². The Balaban J connectivity index is 1.77. The molecule has 0 saturated heterocycles. The lowest BCUT2D eigenvalue weighted by Gasteiger charge is -2.13. The predicted octanol–water partition coefficient (Wildman–Crippen LogP) is 3.74. The summed E-state index contributed by atoms with van der Waals surface area (Å²) in [6.45, 7) is 8.11. The second-order valence-electron chi connectivity index (χ2n) is 7.33. The van der Waals surface area contributed by atoms with Gasteiger partial charge in [0.15, 0.2) is 0 Å². The molecule has 134 valence electrons. The summed E-state index contributed by atoms with van der Waals surface area (Å²) in [6.07, 6.45) is 3.48. The van der Waals surface area contributed by atoms with E-state index in [1.54, 1.807) is 16.9 Å². The fourth-order valence-electron chi connectivity index (χ4n) is 2.80. The molecule has 0 unspecified atom stereocenters. The number of hydrogen-bond donors (Lipinski definition) is 1. The van der Waals surface area contributed by atoms with Crippen molar-refractivity contribution in [3.8, 4) is 22.8 Å². The zero-order valence-electron chi connectivity index (χ0n) is 15.1. The van der Waals surface area contributed by atoms with Gasteiger partial charge in [-0.05, 0) is 30.7 Å². The summed E-state index contributed by atoms with van der Waals surface area (Å²) in [5.41, 5.74) is 3.04. The molecule has 7 heteroatoms. The largest absolute Gasteiger partial charge is 0.465 e. The number of furan rings is 1. The zero-order chi connectivity index (χ0) is 18.5. The third kappa shape index (κ3) is 2.70. The molecule has 0 aliphatic heterocycles. The Labute approximate surface area is 150 Å². The average Bonchev–Trinajstić information content (AvgIpc) is 3.30. The molecule has 0 saturated carbocycles. The molecule has 0 amide bonds. The highest BCUT2D eigenvalue weighted by molar-refractivity contribution is 5.76. The van der Waals surface area contributed by atoms with E-state index in [2.05, 4.69) is 36.0 Å². The van der Waals surface area contributed by atoms with Crippen LogP contribution < -0.4 is 0 Å². The molecule has 4 aromatic rings. The molecule has 0 aromatic carbocycles. The van der Waals surface area contributed by atoms with E-state index < -0.39 is 0 Å². The molecule has 4 rings (SSSR count). The Morgan fingerprint density at radius 1 is 1.19 bits per heavy atom. The Morgan fingerprint density at radius 2 is 2.00 bits per heavy atom. The smallest absolute Gasteiger partial charge is 0.261 e. The highest BCUT2D eigenvalue weighted by Crippen LogP contribution is 2.33. The van der Waals surface area contributed by atoms with E-state index in [1.165, 1.54) is 0 Å². The van der Waals surface area contributed by atoms with Crippen LogP contribution >= 0.6 is 0 Å². The van der Waals surface area contributed by atoms with Crippen LogP contribution in [0.2, 0.25) is 0 Å². The summed E-state index contributed by atoms with van der Waals surface area (Å²) >= 11 is 0. The minimum Gasteiger partial charge on any atom is -0.465 e. The van der Waals surface area contributed by atoms with E-state index in [4.69, 9.17) is 8.94 Å². The molecule has 4 heterocycles. The standard InChI is InChI=1S/C19H20N4O3/c1-11-13(8-16(25-11)19(2,3)4)18-21-17(22-26-18)14-9-20-23-6-5-12(10-24)7-15(14)23/h5-9,24H,10H2,1-4H3. The minimum absolute atomic E-state index is 0.0393. The van der Waals surface area contributed by atoms with Gasteiger partial charge in [0, 0.05) is 11.6 Å². The zero-order valence-corrected chi connectivity index (χ0v) is 15.1. The lowest BCUT2D eigenvalue weighted by atomic mass is 9.93. The van der Waals surface area contributed by atoms with Crippen LogP contribution in [0.15, 0.2) is 39.5 Å². The Bertz CT molecular complexity index is 1080. The molecule has 0 radical (unpaired) electrons. The molecule has 0 bridgehead atoms. The molecule has 0 atom stereocenters. The quantitative estimate of drug-likeness (QED) is 0.604. The molecule has 0 aliphatic rings. The van der Waals surface area contributed by atoms with Crippen molar-refractivity contribution in [2.24, 2.45) is 0 Å². The van der Waals surface area contributed by atoms with Crippen molar-refractivity contribution in [3.05, 3.63) is 47.7 Å². The molecule has 0 fully saturated rings. The third-order valence-electron chi connectivity index (χ3n) is 4.32. The number of aryl methyl sites for hydroxylation is 1. The first-order valence-electron chi connectivity index (χ1n) is 8.39. The number of nitrogens with zero attached hydrogens (tertiary/aromatic N) is 4. The average molecular weight is 352 g/mol. The molecule has 26 heavy (non-hydrogen) atoms. The summed E-state index contributed by atoms with van der Waals surface area (Å²) in [5.74, 6) is 2.47. The number of aliphatic hydroxyl groups excluding tert-OH is 1. The van der Waals surface area contributed by atoms with Gasteiger partial charge in [0.1, 0.15) is 11.5 Å². The van der Waals surface area contributed by atoms with E-state index in [0.29, 0.717) is 11.7 Å². The molecule has 0 spiro atoms. The van der Waals surface area contributed by atoms with Gasteiger partial charge in [0.2, 0.25) is 5.82 Å². The van der Waals surface area contributed by atoms with Crippen molar-refractivity contribution in [2.45, 2.75) is 39.7 Å². The number of rotatable bonds is 3. The summed E-state index contributed by atoms with van der Waals surface area (Å²) in [7, 11) is 0. The van der Waals surface area contributed by atoms with Crippen molar-refractivity contribution in [1.29, 1.82) is 0 Å². The van der Waals surface area contributed by atoms with Crippen molar-refractivity contribution >= 4 is 5.52 Å². The monoisotopic (exact) mass is 352 g/mol. The van der Waals surface area contributed by atoms with Crippen LogP contribution in [0, 0.1) is 6.92 Å². The highest BCUT2D eigenvalue weighted by Gasteiger charge is 2.24. The van der Waals surface area contributed by atoms with Crippen LogP contribution in [0.3, 0.4) is 0 Å². The van der Waals surface area contributed by atoms with E-state index in [9.17, 15) is 5.11 Å². The summed E-state index contributed by atoms with van der Waals surface area (Å²) in [6, 6.07) is 5.63.